The number of pyridine rings is 1. The molecule has 1 fully saturated rings. The van der Waals surface area contributed by atoms with Crippen LogP contribution in [0.1, 0.15) is 46.2 Å². The van der Waals surface area contributed by atoms with Gasteiger partial charge < -0.3 is 19.9 Å². The number of aromatic hydroxyl groups is 1. The van der Waals surface area contributed by atoms with E-state index < -0.39 is 40.5 Å². The van der Waals surface area contributed by atoms with E-state index in [9.17, 15) is 23.9 Å². The summed E-state index contributed by atoms with van der Waals surface area (Å²) in [6.45, 7) is 2.08. The first-order valence-corrected chi connectivity index (χ1v) is 10.4. The van der Waals surface area contributed by atoms with Crippen molar-refractivity contribution < 1.29 is 29.2 Å². The summed E-state index contributed by atoms with van der Waals surface area (Å²) in [7, 11) is 0. The maximum Gasteiger partial charge on any atom is 0.275 e. The van der Waals surface area contributed by atoms with Crippen LogP contribution in [-0.2, 0) is 18.0 Å². The molecule has 2 aliphatic rings. The summed E-state index contributed by atoms with van der Waals surface area (Å²) < 4.78 is 15.5. The molecule has 1 aliphatic heterocycles. The van der Waals surface area contributed by atoms with Crippen LogP contribution in [0.4, 0.5) is 4.39 Å². The van der Waals surface area contributed by atoms with Gasteiger partial charge in [0.1, 0.15) is 11.4 Å². The minimum Gasteiger partial charge on any atom is -0.503 e. The molecule has 2 amide bonds. The number of aromatic nitrogens is 1. The average molecular weight is 466 g/mol. The first-order valence-electron chi connectivity index (χ1n) is 10.0. The van der Waals surface area contributed by atoms with E-state index in [1.54, 1.807) is 11.8 Å². The lowest BCUT2D eigenvalue weighted by Gasteiger charge is -2.55. The van der Waals surface area contributed by atoms with Crippen molar-refractivity contribution in [3.63, 3.8) is 0 Å². The third-order valence-corrected chi connectivity index (χ3v) is 6.43. The van der Waals surface area contributed by atoms with Crippen molar-refractivity contribution in [2.45, 2.75) is 44.5 Å². The minimum atomic E-state index is -0.995. The second kappa shape index (κ2) is 8.19. The Morgan fingerprint density at radius 2 is 2.09 bits per heavy atom. The smallest absolute Gasteiger partial charge is 0.275 e. The number of carbonyl (C=O) groups is 2. The summed E-state index contributed by atoms with van der Waals surface area (Å²) in [5, 5.41) is 21.8. The SMILES string of the molecule is CCN1C(=O)c2c(O)c(=O)c(C(=O)NCc3cccc(Cl)c3F)cn2C[C@]12C[C@@H](OO)C2. The van der Waals surface area contributed by atoms with E-state index in [-0.39, 0.29) is 34.9 Å². The van der Waals surface area contributed by atoms with Gasteiger partial charge in [0.05, 0.1) is 16.7 Å². The largest absolute Gasteiger partial charge is 0.503 e. The molecule has 1 aromatic heterocycles. The van der Waals surface area contributed by atoms with E-state index in [1.807, 2.05) is 0 Å². The molecule has 1 spiro atoms. The van der Waals surface area contributed by atoms with Gasteiger partial charge in [0.15, 0.2) is 11.4 Å². The van der Waals surface area contributed by atoms with Gasteiger partial charge in [-0.15, -0.1) is 0 Å². The summed E-state index contributed by atoms with van der Waals surface area (Å²) in [6, 6.07) is 4.34. The van der Waals surface area contributed by atoms with Crippen molar-refractivity contribution in [3.05, 3.63) is 62.3 Å². The van der Waals surface area contributed by atoms with Crippen molar-refractivity contribution in [3.8, 4) is 5.75 Å². The fourth-order valence-corrected chi connectivity index (χ4v) is 4.75. The predicted octanol–water partition coefficient (Wildman–Crippen LogP) is 2.14. The van der Waals surface area contributed by atoms with Crippen LogP contribution in [0.5, 0.6) is 5.75 Å². The Morgan fingerprint density at radius 3 is 2.75 bits per heavy atom. The fraction of sp³-hybridized carbons (Fsp3) is 0.381. The first kappa shape index (κ1) is 22.3. The van der Waals surface area contributed by atoms with E-state index >= 15 is 0 Å². The highest BCUT2D eigenvalue weighted by Gasteiger charge is 2.54. The lowest BCUT2D eigenvalue weighted by molar-refractivity contribution is -0.313. The number of benzene rings is 1. The Kier molecular flexibility index (Phi) is 5.70. The molecule has 9 nitrogen and oxygen atoms in total. The lowest BCUT2D eigenvalue weighted by atomic mass is 9.71. The number of hydrogen-bond donors (Lipinski definition) is 3. The fourth-order valence-electron chi connectivity index (χ4n) is 4.55. The third-order valence-electron chi connectivity index (χ3n) is 6.14. The van der Waals surface area contributed by atoms with Crippen molar-refractivity contribution in [2.24, 2.45) is 0 Å². The number of halogens is 2. The molecule has 0 unspecified atom stereocenters. The van der Waals surface area contributed by atoms with Crippen LogP contribution in [0.3, 0.4) is 0 Å². The van der Waals surface area contributed by atoms with Crippen molar-refractivity contribution in [1.82, 2.24) is 14.8 Å². The van der Waals surface area contributed by atoms with Gasteiger partial charge in [-0.1, -0.05) is 23.7 Å². The summed E-state index contributed by atoms with van der Waals surface area (Å²) in [6.07, 6.45) is 1.53. The second-order valence-corrected chi connectivity index (χ2v) is 8.41. The molecule has 2 aromatic rings. The molecular formula is C21H21ClFN3O6. The van der Waals surface area contributed by atoms with Gasteiger partial charge in [-0.3, -0.25) is 19.6 Å². The van der Waals surface area contributed by atoms with Gasteiger partial charge in [-0.2, -0.15) is 0 Å². The van der Waals surface area contributed by atoms with Crippen LogP contribution in [0.15, 0.2) is 29.2 Å². The molecule has 1 saturated carbocycles. The highest BCUT2D eigenvalue weighted by Crippen LogP contribution is 2.44. The molecule has 2 heterocycles. The molecule has 3 N–H and O–H groups in total. The van der Waals surface area contributed by atoms with Crippen LogP contribution >= 0.6 is 11.6 Å². The molecule has 0 atom stereocenters. The van der Waals surface area contributed by atoms with Crippen LogP contribution in [-0.4, -0.2) is 49.8 Å². The third kappa shape index (κ3) is 3.44. The Balaban J connectivity index is 1.65. The molecule has 4 rings (SSSR count). The van der Waals surface area contributed by atoms with Gasteiger partial charge in [-0.25, -0.2) is 9.28 Å². The van der Waals surface area contributed by atoms with E-state index in [1.165, 1.54) is 29.0 Å². The molecule has 170 valence electrons. The quantitative estimate of drug-likeness (QED) is 0.459. The molecule has 1 aliphatic carbocycles. The van der Waals surface area contributed by atoms with Gasteiger partial charge in [0.25, 0.3) is 11.8 Å². The number of carbonyl (C=O) groups excluding carboxylic acids is 2. The number of nitrogens with one attached hydrogen (secondary N) is 1. The predicted molar refractivity (Wildman–Crippen MR) is 111 cm³/mol. The molecular weight excluding hydrogens is 445 g/mol. The molecule has 0 bridgehead atoms. The summed E-state index contributed by atoms with van der Waals surface area (Å²) >= 11 is 5.74. The highest BCUT2D eigenvalue weighted by molar-refractivity contribution is 6.30. The summed E-state index contributed by atoms with van der Waals surface area (Å²) in [5.41, 5.74) is -2.11. The molecule has 1 aromatic carbocycles. The van der Waals surface area contributed by atoms with Crippen LogP contribution < -0.4 is 10.7 Å². The van der Waals surface area contributed by atoms with Crippen LogP contribution in [0.2, 0.25) is 5.02 Å². The number of nitrogens with zero attached hydrogens (tertiary/aromatic N) is 2. The van der Waals surface area contributed by atoms with Gasteiger partial charge in [0, 0.05) is 44.2 Å². The minimum absolute atomic E-state index is 0.0989. The van der Waals surface area contributed by atoms with Crippen molar-refractivity contribution in [2.75, 3.05) is 6.54 Å². The number of hydrogen-bond acceptors (Lipinski definition) is 6. The number of amides is 2. The highest BCUT2D eigenvalue weighted by atomic mass is 35.5. The van der Waals surface area contributed by atoms with Gasteiger partial charge in [-0.05, 0) is 13.0 Å². The summed E-state index contributed by atoms with van der Waals surface area (Å²) in [4.78, 5) is 44.3. The molecule has 0 saturated heterocycles. The molecule has 32 heavy (non-hydrogen) atoms. The second-order valence-electron chi connectivity index (χ2n) is 8.00. The van der Waals surface area contributed by atoms with Gasteiger partial charge in [0.2, 0.25) is 5.43 Å². The van der Waals surface area contributed by atoms with E-state index in [4.69, 9.17) is 16.9 Å². The Labute approximate surface area is 186 Å². The normalized spacial score (nSPS) is 21.9. The van der Waals surface area contributed by atoms with Gasteiger partial charge >= 0.3 is 0 Å². The Bertz CT molecular complexity index is 1160. The van der Waals surface area contributed by atoms with Crippen molar-refractivity contribution >= 4 is 23.4 Å². The number of rotatable bonds is 5. The Hall–Kier alpha value is -2.95. The first-order chi connectivity index (χ1) is 15.2. The van der Waals surface area contributed by atoms with Crippen molar-refractivity contribution in [1.29, 1.82) is 0 Å². The number of likely N-dealkylation sites (N-methyl/N-ethyl adjacent to an activating group) is 1. The van der Waals surface area contributed by atoms with E-state index in [0.717, 1.165) is 0 Å². The summed E-state index contributed by atoms with van der Waals surface area (Å²) in [5.74, 6) is -2.88. The zero-order valence-electron chi connectivity index (χ0n) is 17.1. The Morgan fingerprint density at radius 1 is 1.38 bits per heavy atom. The maximum absolute atomic E-state index is 14.1. The topological polar surface area (TPSA) is 121 Å². The molecule has 0 radical (unpaired) electrons. The van der Waals surface area contributed by atoms with E-state index in [0.29, 0.717) is 19.4 Å². The lowest BCUT2D eigenvalue weighted by Crippen LogP contribution is -2.66. The molecule has 11 heteroatoms. The van der Waals surface area contributed by atoms with Crippen LogP contribution in [0, 0.1) is 5.82 Å². The number of fused-ring (bicyclic) bond motifs is 1. The average Bonchev–Trinajstić information content (AvgIpc) is 2.74. The van der Waals surface area contributed by atoms with Crippen LogP contribution in [0.25, 0.3) is 0 Å². The maximum atomic E-state index is 14.1. The van der Waals surface area contributed by atoms with E-state index in [2.05, 4.69) is 10.2 Å². The zero-order valence-corrected chi connectivity index (χ0v) is 17.9. The monoisotopic (exact) mass is 465 g/mol. The standard InChI is InChI=1S/C21H21ClFN3O6/c1-2-26-20(30)16-18(28)17(27)13(9-25(16)10-21(26)6-12(7-21)32-31)19(29)24-8-11-4-3-5-14(22)15(11)23/h3-5,9,12,28,31H,2,6-8,10H2,1H3,(H,24,29)/t12-,21-. The zero-order chi connectivity index (χ0) is 23.2.